The number of hydrogen-bond donors (Lipinski definition) is 2. The maximum Gasteiger partial charge on any atom is 0.331 e. The number of aryl methyl sites for hydroxylation is 1. The van der Waals surface area contributed by atoms with E-state index in [1.165, 1.54) is 17.8 Å². The Kier molecular flexibility index (Phi) is 4.23. The number of nitrogen functional groups attached to an aromatic ring is 1. The summed E-state index contributed by atoms with van der Waals surface area (Å²) in [5, 5.41) is 2.79. The summed E-state index contributed by atoms with van der Waals surface area (Å²) in [5.41, 5.74) is 4.24. The minimum atomic E-state index is -0.643. The number of hydrogen-bond acceptors (Lipinski definition) is 5. The largest absolute Gasteiger partial charge is 0.393 e. The van der Waals surface area contributed by atoms with Gasteiger partial charge in [-0.25, -0.2) is 9.36 Å². The number of nitrogens with two attached hydrogens (primary N) is 1. The van der Waals surface area contributed by atoms with Gasteiger partial charge in [0.1, 0.15) is 12.2 Å². The van der Waals surface area contributed by atoms with Crippen molar-refractivity contribution in [2.24, 2.45) is 7.05 Å². The van der Waals surface area contributed by atoms with E-state index in [4.69, 9.17) is 10.5 Å². The molecule has 0 saturated carbocycles. The number of nitrogens with one attached hydrogen (secondary N) is 1. The average molecular weight is 282 g/mol. The van der Waals surface area contributed by atoms with Crippen molar-refractivity contribution in [3.8, 4) is 0 Å². The Hall–Kier alpha value is -2.09. The summed E-state index contributed by atoms with van der Waals surface area (Å²) in [6, 6.07) is 0.0249. The van der Waals surface area contributed by atoms with E-state index in [-0.39, 0.29) is 24.2 Å². The molecule has 0 spiro atoms. The molecular formula is C12H18N4O4. The zero-order valence-corrected chi connectivity index (χ0v) is 11.3. The topological polar surface area (TPSA) is 108 Å². The maximum atomic E-state index is 11.9. The Balaban J connectivity index is 2.11. The molecule has 1 fully saturated rings. The summed E-state index contributed by atoms with van der Waals surface area (Å²) in [7, 11) is 1.48. The molecule has 1 aromatic heterocycles. The number of ether oxygens (including phenoxy) is 1. The lowest BCUT2D eigenvalue weighted by atomic mass is 10.1. The van der Waals surface area contributed by atoms with Crippen LogP contribution in [0.4, 0.5) is 5.69 Å². The van der Waals surface area contributed by atoms with Gasteiger partial charge in [0.25, 0.3) is 5.56 Å². The van der Waals surface area contributed by atoms with Crippen LogP contribution in [-0.4, -0.2) is 34.3 Å². The number of carbonyl (C=O) groups is 1. The minimum Gasteiger partial charge on any atom is -0.393 e. The van der Waals surface area contributed by atoms with Gasteiger partial charge in [0.05, 0.1) is 0 Å². The molecule has 0 atom stereocenters. The molecule has 3 N–H and O–H groups in total. The van der Waals surface area contributed by atoms with Crippen molar-refractivity contribution in [2.75, 3.05) is 18.9 Å². The predicted octanol–water partition coefficient (Wildman–Crippen LogP) is -1.58. The SMILES string of the molecule is Cn1cc(N)c(=O)n(CC(=O)NC2CCOCC2)c1=O. The normalized spacial score (nSPS) is 16.1. The van der Waals surface area contributed by atoms with Gasteiger partial charge in [-0.2, -0.15) is 0 Å². The van der Waals surface area contributed by atoms with Crippen LogP contribution < -0.4 is 22.3 Å². The molecule has 110 valence electrons. The quantitative estimate of drug-likeness (QED) is 0.696. The minimum absolute atomic E-state index is 0.0249. The van der Waals surface area contributed by atoms with Gasteiger partial charge in [-0.05, 0) is 12.8 Å². The molecule has 0 aliphatic carbocycles. The summed E-state index contributed by atoms with van der Waals surface area (Å²) in [5.74, 6) is -0.373. The molecule has 1 aromatic rings. The Morgan fingerprint density at radius 1 is 1.45 bits per heavy atom. The second-order valence-corrected chi connectivity index (χ2v) is 4.82. The third kappa shape index (κ3) is 3.08. The number of aromatic nitrogens is 2. The maximum absolute atomic E-state index is 11.9. The van der Waals surface area contributed by atoms with Crippen LogP contribution in [0.2, 0.25) is 0 Å². The van der Waals surface area contributed by atoms with Gasteiger partial charge in [-0.3, -0.25) is 9.59 Å². The lowest BCUT2D eigenvalue weighted by Gasteiger charge is -2.23. The number of carbonyl (C=O) groups excluding carboxylic acids is 1. The molecular weight excluding hydrogens is 264 g/mol. The molecule has 0 bridgehead atoms. The van der Waals surface area contributed by atoms with Crippen LogP contribution in [0.15, 0.2) is 15.8 Å². The standard InChI is InChI=1S/C12H18N4O4/c1-15-6-9(13)11(18)16(12(15)19)7-10(17)14-8-2-4-20-5-3-8/h6,8H,2-5,7,13H2,1H3,(H,14,17). The molecule has 2 rings (SSSR count). The van der Waals surface area contributed by atoms with Crippen LogP contribution in [0.25, 0.3) is 0 Å². The van der Waals surface area contributed by atoms with E-state index in [2.05, 4.69) is 5.32 Å². The van der Waals surface area contributed by atoms with E-state index >= 15 is 0 Å². The molecule has 8 heteroatoms. The Bertz CT molecular complexity index is 579. The smallest absolute Gasteiger partial charge is 0.331 e. The second-order valence-electron chi connectivity index (χ2n) is 4.82. The first kappa shape index (κ1) is 14.3. The monoisotopic (exact) mass is 282 g/mol. The summed E-state index contributed by atoms with van der Waals surface area (Å²) < 4.78 is 7.21. The van der Waals surface area contributed by atoms with Crippen molar-refractivity contribution < 1.29 is 9.53 Å². The molecule has 0 radical (unpaired) electrons. The highest BCUT2D eigenvalue weighted by Gasteiger charge is 2.17. The summed E-state index contributed by atoms with van der Waals surface area (Å²) >= 11 is 0. The van der Waals surface area contributed by atoms with Crippen LogP contribution in [0.5, 0.6) is 0 Å². The molecule has 1 saturated heterocycles. The zero-order chi connectivity index (χ0) is 14.7. The highest BCUT2D eigenvalue weighted by atomic mass is 16.5. The van der Waals surface area contributed by atoms with E-state index in [0.717, 1.165) is 17.4 Å². The van der Waals surface area contributed by atoms with Crippen molar-refractivity contribution in [1.29, 1.82) is 0 Å². The number of amides is 1. The molecule has 1 amide bonds. The van der Waals surface area contributed by atoms with Gasteiger partial charge in [0.15, 0.2) is 0 Å². The van der Waals surface area contributed by atoms with Crippen molar-refractivity contribution >= 4 is 11.6 Å². The first-order valence-corrected chi connectivity index (χ1v) is 6.42. The van der Waals surface area contributed by atoms with E-state index in [1.54, 1.807) is 0 Å². The third-order valence-electron chi connectivity index (χ3n) is 3.25. The van der Waals surface area contributed by atoms with Crippen LogP contribution >= 0.6 is 0 Å². The predicted molar refractivity (Wildman–Crippen MR) is 72.3 cm³/mol. The third-order valence-corrected chi connectivity index (χ3v) is 3.25. The van der Waals surface area contributed by atoms with Gasteiger partial charge < -0.3 is 20.4 Å². The van der Waals surface area contributed by atoms with Crippen molar-refractivity contribution in [1.82, 2.24) is 14.5 Å². The number of rotatable bonds is 3. The molecule has 20 heavy (non-hydrogen) atoms. The first-order valence-electron chi connectivity index (χ1n) is 6.42. The number of nitrogens with zero attached hydrogens (tertiary/aromatic N) is 2. The molecule has 0 unspecified atom stereocenters. The first-order chi connectivity index (χ1) is 9.49. The Morgan fingerprint density at radius 3 is 2.75 bits per heavy atom. The zero-order valence-electron chi connectivity index (χ0n) is 11.3. The van der Waals surface area contributed by atoms with Gasteiger partial charge in [0.2, 0.25) is 5.91 Å². The van der Waals surface area contributed by atoms with Crippen molar-refractivity contribution in [3.05, 3.63) is 27.0 Å². The van der Waals surface area contributed by atoms with Crippen molar-refractivity contribution in [2.45, 2.75) is 25.4 Å². The van der Waals surface area contributed by atoms with E-state index in [0.29, 0.717) is 13.2 Å². The van der Waals surface area contributed by atoms with Crippen LogP contribution in [-0.2, 0) is 23.1 Å². The molecule has 8 nitrogen and oxygen atoms in total. The lowest BCUT2D eigenvalue weighted by molar-refractivity contribution is -0.123. The van der Waals surface area contributed by atoms with Gasteiger partial charge in [0, 0.05) is 32.5 Å². The van der Waals surface area contributed by atoms with Gasteiger partial charge in [-0.1, -0.05) is 0 Å². The van der Waals surface area contributed by atoms with Gasteiger partial charge in [-0.15, -0.1) is 0 Å². The van der Waals surface area contributed by atoms with E-state index in [9.17, 15) is 14.4 Å². The summed E-state index contributed by atoms with van der Waals surface area (Å²) in [4.78, 5) is 35.5. The van der Waals surface area contributed by atoms with Gasteiger partial charge >= 0.3 is 5.69 Å². The number of anilines is 1. The van der Waals surface area contributed by atoms with Crippen LogP contribution in [0, 0.1) is 0 Å². The molecule has 1 aliphatic heterocycles. The molecule has 2 heterocycles. The fraction of sp³-hybridized carbons (Fsp3) is 0.583. The highest BCUT2D eigenvalue weighted by molar-refractivity contribution is 5.76. The fourth-order valence-electron chi connectivity index (χ4n) is 2.15. The molecule has 0 aromatic carbocycles. The van der Waals surface area contributed by atoms with Crippen LogP contribution in [0.3, 0.4) is 0 Å². The lowest BCUT2D eigenvalue weighted by Crippen LogP contribution is -2.46. The average Bonchev–Trinajstić information content (AvgIpc) is 2.42. The summed E-state index contributed by atoms with van der Waals surface area (Å²) in [6.45, 7) is 0.879. The van der Waals surface area contributed by atoms with Crippen molar-refractivity contribution in [3.63, 3.8) is 0 Å². The van der Waals surface area contributed by atoms with E-state index in [1.807, 2.05) is 0 Å². The van der Waals surface area contributed by atoms with Crippen LogP contribution in [0.1, 0.15) is 12.8 Å². The summed E-state index contributed by atoms with van der Waals surface area (Å²) in [6.07, 6.45) is 2.71. The second kappa shape index (κ2) is 5.91. The Morgan fingerprint density at radius 2 is 2.10 bits per heavy atom. The Labute approximate surface area is 115 Å². The highest BCUT2D eigenvalue weighted by Crippen LogP contribution is 2.05. The molecule has 1 aliphatic rings. The fourth-order valence-corrected chi connectivity index (χ4v) is 2.15. The van der Waals surface area contributed by atoms with E-state index < -0.39 is 11.2 Å².